The molecule has 1 rings (SSSR count). The topological polar surface area (TPSA) is 72.8 Å². The molecule has 1 N–H and O–H groups in total. The van der Waals surface area contributed by atoms with Crippen molar-refractivity contribution in [3.63, 3.8) is 0 Å². The molecule has 0 aromatic heterocycles. The first-order valence-corrected chi connectivity index (χ1v) is 6.45. The second-order valence-corrected chi connectivity index (χ2v) is 4.43. The first-order chi connectivity index (χ1) is 9.02. The van der Waals surface area contributed by atoms with E-state index >= 15 is 0 Å². The zero-order valence-corrected chi connectivity index (χ0v) is 11.2. The molecule has 0 unspecified atom stereocenters. The van der Waals surface area contributed by atoms with Crippen LogP contribution >= 0.6 is 0 Å². The van der Waals surface area contributed by atoms with E-state index in [2.05, 4.69) is 0 Å². The summed E-state index contributed by atoms with van der Waals surface area (Å²) in [7, 11) is 0. The molecule has 3 atom stereocenters. The molecule has 0 aliphatic carbocycles. The Kier molecular flexibility index (Phi) is 6.29. The molecular formula is C14H20O5. The number of cyclic esters (lactones) is 1. The zero-order chi connectivity index (χ0) is 14.3. The fourth-order valence-electron chi connectivity index (χ4n) is 1.72. The minimum absolute atomic E-state index is 0.447. The van der Waals surface area contributed by atoms with Crippen molar-refractivity contribution >= 4 is 11.9 Å². The number of aliphatic hydroxyl groups is 1. The highest BCUT2D eigenvalue weighted by Gasteiger charge is 2.27. The summed E-state index contributed by atoms with van der Waals surface area (Å²) in [4.78, 5) is 22.1. The van der Waals surface area contributed by atoms with Gasteiger partial charge in [-0.05, 0) is 18.6 Å². The van der Waals surface area contributed by atoms with Gasteiger partial charge in [0, 0.05) is 13.0 Å². The number of unbranched alkanes of at least 4 members (excludes halogenated alkanes) is 1. The standard InChI is InChI=1S/C14H20O5/c1-3-4-5-11(16)6-7-13-12(18-10(2)15)8-9-14(17)19-13/h6-9,11-13,16H,3-5H2,1-2H3/b7-6-/t11-,12-,13-/m0/s1. The summed E-state index contributed by atoms with van der Waals surface area (Å²) < 4.78 is 10.1. The molecule has 19 heavy (non-hydrogen) atoms. The average molecular weight is 268 g/mol. The van der Waals surface area contributed by atoms with Gasteiger partial charge in [-0.25, -0.2) is 4.79 Å². The lowest BCUT2D eigenvalue weighted by Crippen LogP contribution is -2.35. The Labute approximate surface area is 112 Å². The van der Waals surface area contributed by atoms with Crippen LogP contribution in [0.1, 0.15) is 33.1 Å². The maximum atomic E-state index is 11.2. The van der Waals surface area contributed by atoms with Gasteiger partial charge in [0.05, 0.1) is 6.10 Å². The number of carbonyl (C=O) groups is 2. The Balaban J connectivity index is 2.61. The largest absolute Gasteiger partial charge is 0.454 e. The molecule has 0 amide bonds. The number of carbonyl (C=O) groups excluding carboxylic acids is 2. The smallest absolute Gasteiger partial charge is 0.331 e. The Morgan fingerprint density at radius 1 is 1.63 bits per heavy atom. The van der Waals surface area contributed by atoms with Gasteiger partial charge in [-0.2, -0.15) is 0 Å². The lowest BCUT2D eigenvalue weighted by atomic mass is 10.1. The van der Waals surface area contributed by atoms with Gasteiger partial charge in [-0.3, -0.25) is 4.79 Å². The van der Waals surface area contributed by atoms with Crippen LogP contribution in [0.3, 0.4) is 0 Å². The number of hydrogen-bond donors (Lipinski definition) is 1. The fourth-order valence-corrected chi connectivity index (χ4v) is 1.72. The van der Waals surface area contributed by atoms with Crippen molar-refractivity contribution in [2.45, 2.75) is 51.4 Å². The van der Waals surface area contributed by atoms with Crippen LogP contribution in [0.15, 0.2) is 24.3 Å². The van der Waals surface area contributed by atoms with E-state index in [4.69, 9.17) is 9.47 Å². The van der Waals surface area contributed by atoms with E-state index in [9.17, 15) is 14.7 Å². The molecule has 0 radical (unpaired) electrons. The molecule has 0 saturated carbocycles. The summed E-state index contributed by atoms with van der Waals surface area (Å²) in [6.45, 7) is 3.34. The van der Waals surface area contributed by atoms with Crippen LogP contribution in [0.2, 0.25) is 0 Å². The number of esters is 2. The van der Waals surface area contributed by atoms with Gasteiger partial charge in [-0.15, -0.1) is 0 Å². The maximum Gasteiger partial charge on any atom is 0.331 e. The average Bonchev–Trinajstić information content (AvgIpc) is 2.36. The van der Waals surface area contributed by atoms with Crippen LogP contribution in [0, 0.1) is 0 Å². The quantitative estimate of drug-likeness (QED) is 0.584. The van der Waals surface area contributed by atoms with Gasteiger partial charge in [0.2, 0.25) is 0 Å². The highest BCUT2D eigenvalue weighted by atomic mass is 16.6. The van der Waals surface area contributed by atoms with E-state index in [1.807, 2.05) is 6.92 Å². The minimum atomic E-state index is -0.683. The molecule has 0 saturated heterocycles. The van der Waals surface area contributed by atoms with Gasteiger partial charge >= 0.3 is 11.9 Å². The summed E-state index contributed by atoms with van der Waals surface area (Å²) in [5.74, 6) is -0.932. The van der Waals surface area contributed by atoms with Crippen LogP contribution in [-0.4, -0.2) is 35.4 Å². The highest BCUT2D eigenvalue weighted by Crippen LogP contribution is 2.15. The van der Waals surface area contributed by atoms with Crippen molar-refractivity contribution < 1.29 is 24.2 Å². The molecule has 0 spiro atoms. The second kappa shape index (κ2) is 7.74. The molecule has 1 heterocycles. The van der Waals surface area contributed by atoms with E-state index in [0.29, 0.717) is 6.42 Å². The fraction of sp³-hybridized carbons (Fsp3) is 0.571. The highest BCUT2D eigenvalue weighted by molar-refractivity contribution is 5.83. The summed E-state index contributed by atoms with van der Waals surface area (Å²) in [6, 6.07) is 0. The normalized spacial score (nSPS) is 24.3. The summed E-state index contributed by atoms with van der Waals surface area (Å²) in [6.07, 6.45) is 6.53. The van der Waals surface area contributed by atoms with Crippen molar-refractivity contribution in [3.8, 4) is 0 Å². The summed E-state index contributed by atoms with van der Waals surface area (Å²) in [5, 5.41) is 9.69. The Morgan fingerprint density at radius 2 is 2.37 bits per heavy atom. The second-order valence-electron chi connectivity index (χ2n) is 4.43. The number of rotatable bonds is 6. The molecule has 1 aliphatic heterocycles. The molecule has 5 nitrogen and oxygen atoms in total. The lowest BCUT2D eigenvalue weighted by Gasteiger charge is -2.24. The van der Waals surface area contributed by atoms with Crippen LogP contribution in [0.5, 0.6) is 0 Å². The third-order valence-corrected chi connectivity index (χ3v) is 2.68. The first kappa shape index (κ1) is 15.4. The van der Waals surface area contributed by atoms with Crippen molar-refractivity contribution in [2.24, 2.45) is 0 Å². The third kappa shape index (κ3) is 5.70. The predicted octanol–water partition coefficient (Wildman–Crippen LogP) is 1.51. The van der Waals surface area contributed by atoms with E-state index in [-0.39, 0.29) is 0 Å². The molecule has 1 aliphatic rings. The molecule has 0 aromatic rings. The predicted molar refractivity (Wildman–Crippen MR) is 69.2 cm³/mol. The van der Waals surface area contributed by atoms with Gasteiger partial charge in [0.15, 0.2) is 12.2 Å². The zero-order valence-electron chi connectivity index (χ0n) is 11.2. The van der Waals surface area contributed by atoms with E-state index in [0.717, 1.165) is 12.8 Å². The molecule has 5 heteroatoms. The Hall–Kier alpha value is -1.62. The van der Waals surface area contributed by atoms with Crippen LogP contribution in [0.25, 0.3) is 0 Å². The first-order valence-electron chi connectivity index (χ1n) is 6.45. The molecule has 0 bridgehead atoms. The van der Waals surface area contributed by atoms with Crippen LogP contribution in [-0.2, 0) is 19.1 Å². The Bertz CT molecular complexity index is 372. The number of ether oxygens (including phenoxy) is 2. The molecule has 106 valence electrons. The van der Waals surface area contributed by atoms with Crippen molar-refractivity contribution in [1.29, 1.82) is 0 Å². The Morgan fingerprint density at radius 3 is 3.00 bits per heavy atom. The van der Waals surface area contributed by atoms with Gasteiger partial charge < -0.3 is 14.6 Å². The van der Waals surface area contributed by atoms with Gasteiger partial charge in [0.25, 0.3) is 0 Å². The minimum Gasteiger partial charge on any atom is -0.454 e. The molecule has 0 aromatic carbocycles. The third-order valence-electron chi connectivity index (χ3n) is 2.68. The van der Waals surface area contributed by atoms with Crippen LogP contribution in [0.4, 0.5) is 0 Å². The number of aliphatic hydroxyl groups excluding tert-OH is 1. The van der Waals surface area contributed by atoms with E-state index < -0.39 is 30.3 Å². The van der Waals surface area contributed by atoms with E-state index in [1.54, 1.807) is 12.2 Å². The molecule has 0 fully saturated rings. The van der Waals surface area contributed by atoms with Crippen LogP contribution < -0.4 is 0 Å². The van der Waals surface area contributed by atoms with Crippen molar-refractivity contribution in [1.82, 2.24) is 0 Å². The monoisotopic (exact) mass is 268 g/mol. The lowest BCUT2D eigenvalue weighted by molar-refractivity contribution is -0.158. The number of hydrogen-bond acceptors (Lipinski definition) is 5. The van der Waals surface area contributed by atoms with E-state index in [1.165, 1.54) is 19.1 Å². The van der Waals surface area contributed by atoms with Crippen molar-refractivity contribution in [3.05, 3.63) is 24.3 Å². The van der Waals surface area contributed by atoms with Gasteiger partial charge in [-0.1, -0.05) is 25.8 Å². The summed E-state index contributed by atoms with van der Waals surface area (Å²) >= 11 is 0. The molecular weight excluding hydrogens is 248 g/mol. The summed E-state index contributed by atoms with van der Waals surface area (Å²) in [5.41, 5.74) is 0. The van der Waals surface area contributed by atoms with Crippen molar-refractivity contribution in [2.75, 3.05) is 0 Å². The maximum absolute atomic E-state index is 11.2. The van der Waals surface area contributed by atoms with Gasteiger partial charge in [0.1, 0.15) is 0 Å². The SMILES string of the molecule is CCCC[C@H](O)/C=C\[C@@H]1OC(=O)C=C[C@@H]1OC(C)=O.